The summed E-state index contributed by atoms with van der Waals surface area (Å²) in [6, 6.07) is 0. The van der Waals surface area contributed by atoms with Crippen molar-refractivity contribution in [2.75, 3.05) is 12.5 Å². The van der Waals surface area contributed by atoms with Gasteiger partial charge < -0.3 is 9.42 Å². The van der Waals surface area contributed by atoms with Gasteiger partial charge in [0, 0.05) is 5.88 Å². The summed E-state index contributed by atoms with van der Waals surface area (Å²) < 4.78 is 14.1. The second-order valence-corrected chi connectivity index (χ2v) is 2.36. The Hall–Kier alpha value is 0.440. The van der Waals surface area contributed by atoms with E-state index >= 15 is 0 Å². The molecule has 1 N–H and O–H groups in total. The van der Waals surface area contributed by atoms with Crippen LogP contribution in [0.25, 0.3) is 0 Å². The van der Waals surface area contributed by atoms with Crippen molar-refractivity contribution in [3.05, 3.63) is 0 Å². The van der Waals surface area contributed by atoms with Crippen molar-refractivity contribution in [3.8, 4) is 0 Å². The van der Waals surface area contributed by atoms with E-state index in [9.17, 15) is 4.57 Å². The lowest BCUT2D eigenvalue weighted by molar-refractivity contribution is 0.282. The van der Waals surface area contributed by atoms with Gasteiger partial charge in [0.1, 0.15) is 0 Å². The van der Waals surface area contributed by atoms with Gasteiger partial charge in [0.2, 0.25) is 0 Å². The molecule has 50 valence electrons. The first-order valence-corrected chi connectivity index (χ1v) is 3.99. The van der Waals surface area contributed by atoms with Crippen molar-refractivity contribution >= 4 is 19.9 Å². The van der Waals surface area contributed by atoms with Crippen LogP contribution in [0, 0.1) is 0 Å². The Morgan fingerprint density at radius 2 is 2.38 bits per heavy atom. The van der Waals surface area contributed by atoms with Gasteiger partial charge in [-0.15, -0.1) is 11.6 Å². The average molecular weight is 159 g/mol. The molecule has 0 heterocycles. The van der Waals surface area contributed by atoms with E-state index in [1.165, 1.54) is 0 Å². The Balaban J connectivity index is 2.82. The van der Waals surface area contributed by atoms with Crippen LogP contribution in [0.15, 0.2) is 0 Å². The minimum Gasteiger partial charge on any atom is -0.326 e. The van der Waals surface area contributed by atoms with E-state index in [1.807, 2.05) is 0 Å². The van der Waals surface area contributed by atoms with Gasteiger partial charge in [-0.2, -0.15) is 0 Å². The first kappa shape index (κ1) is 8.44. The maximum Gasteiger partial charge on any atom is 0.316 e. The maximum atomic E-state index is 9.79. The number of hydrogen-bond acceptors (Lipinski definition) is 2. The summed E-state index contributed by atoms with van der Waals surface area (Å²) in [7, 11) is -2.72. The van der Waals surface area contributed by atoms with E-state index in [4.69, 9.17) is 16.5 Å². The molecule has 5 heteroatoms. The highest BCUT2D eigenvalue weighted by Crippen LogP contribution is 2.13. The third-order valence-electron chi connectivity index (χ3n) is 0.504. The molecule has 3 nitrogen and oxygen atoms in total. The first-order chi connectivity index (χ1) is 3.77. The number of halogens is 1. The Labute approximate surface area is 53.6 Å². The van der Waals surface area contributed by atoms with Crippen molar-refractivity contribution < 1.29 is 14.0 Å². The molecule has 0 aromatic heterocycles. The number of alkyl halides is 1. The van der Waals surface area contributed by atoms with Crippen LogP contribution in [-0.2, 0) is 9.09 Å². The third kappa shape index (κ3) is 6.44. The quantitative estimate of drug-likeness (QED) is 0.377. The molecule has 0 aliphatic carbocycles. The maximum absolute atomic E-state index is 9.79. The van der Waals surface area contributed by atoms with Crippen LogP contribution in [0.5, 0.6) is 0 Å². The van der Waals surface area contributed by atoms with Gasteiger partial charge in [-0.1, -0.05) is 0 Å². The monoisotopic (exact) mass is 158 g/mol. The molecule has 0 rings (SSSR count). The molecule has 0 radical (unpaired) electrons. The van der Waals surface area contributed by atoms with Gasteiger partial charge in [0.25, 0.3) is 0 Å². The Bertz CT molecular complexity index is 76.9. The van der Waals surface area contributed by atoms with Crippen LogP contribution < -0.4 is 0 Å². The van der Waals surface area contributed by atoms with Crippen LogP contribution >= 0.6 is 19.9 Å². The zero-order valence-electron chi connectivity index (χ0n) is 4.26. The molecule has 0 spiro atoms. The van der Waals surface area contributed by atoms with Crippen molar-refractivity contribution in [1.29, 1.82) is 0 Å². The van der Waals surface area contributed by atoms with Gasteiger partial charge in [0.05, 0.1) is 6.61 Å². The normalized spacial score (nSPS) is 13.8. The predicted octanol–water partition coefficient (Wildman–Crippen LogP) is 1.01. The molecule has 0 saturated heterocycles. The lowest BCUT2D eigenvalue weighted by atomic mass is 10.5. The van der Waals surface area contributed by atoms with Crippen LogP contribution in [-0.4, -0.2) is 17.4 Å². The molecule has 0 amide bonds. The highest BCUT2D eigenvalue weighted by Gasteiger charge is 1.88. The summed E-state index contributed by atoms with van der Waals surface area (Å²) in [5.41, 5.74) is 0. The largest absolute Gasteiger partial charge is 0.326 e. The highest BCUT2D eigenvalue weighted by molar-refractivity contribution is 7.32. The summed E-state index contributed by atoms with van der Waals surface area (Å²) >= 11 is 5.23. The zero-order chi connectivity index (χ0) is 6.41. The molecule has 0 aromatic rings. The van der Waals surface area contributed by atoms with Crippen LogP contribution in [0.2, 0.25) is 0 Å². The average Bonchev–Trinajstić information content (AvgIpc) is 1.66. The molecule has 1 unspecified atom stereocenters. The van der Waals surface area contributed by atoms with Crippen LogP contribution in [0.4, 0.5) is 0 Å². The fourth-order valence-corrected chi connectivity index (χ4v) is 0.642. The summed E-state index contributed by atoms with van der Waals surface area (Å²) in [6.07, 6.45) is 0.624. The van der Waals surface area contributed by atoms with E-state index in [-0.39, 0.29) is 6.61 Å². The smallest absolute Gasteiger partial charge is 0.316 e. The third-order valence-corrected chi connectivity index (χ3v) is 1.22. The summed E-state index contributed by atoms with van der Waals surface area (Å²) in [5, 5.41) is 0. The van der Waals surface area contributed by atoms with Crippen molar-refractivity contribution in [1.82, 2.24) is 0 Å². The van der Waals surface area contributed by atoms with E-state index in [1.54, 1.807) is 0 Å². The van der Waals surface area contributed by atoms with Crippen molar-refractivity contribution in [2.24, 2.45) is 0 Å². The zero-order valence-corrected chi connectivity index (χ0v) is 6.02. The predicted molar refractivity (Wildman–Crippen MR) is 32.5 cm³/mol. The van der Waals surface area contributed by atoms with Gasteiger partial charge in [0.15, 0.2) is 0 Å². The van der Waals surface area contributed by atoms with E-state index in [0.29, 0.717) is 12.3 Å². The van der Waals surface area contributed by atoms with Gasteiger partial charge in [-0.3, -0.25) is 4.57 Å². The standard InChI is InChI=1S/C3H8ClO3P/c4-2-1-3-7-8(5)6/h8H,1-3H2,(H,5,6). The summed E-state index contributed by atoms with van der Waals surface area (Å²) in [4.78, 5) is 8.06. The second kappa shape index (κ2) is 5.57. The summed E-state index contributed by atoms with van der Waals surface area (Å²) in [5.74, 6) is 0.467. The molecule has 0 saturated carbocycles. The molecule has 0 fully saturated rings. The Morgan fingerprint density at radius 1 is 1.75 bits per heavy atom. The fourth-order valence-electron chi connectivity index (χ4n) is 0.214. The Kier molecular flexibility index (Phi) is 5.88. The highest BCUT2D eigenvalue weighted by atomic mass is 35.5. The minimum atomic E-state index is -2.72. The lowest BCUT2D eigenvalue weighted by Gasteiger charge is -1.93. The number of rotatable bonds is 4. The minimum absolute atomic E-state index is 0.276. The molecule has 8 heavy (non-hydrogen) atoms. The molecular formula is C3H8ClO3P. The first-order valence-electron chi connectivity index (χ1n) is 2.19. The number of hydrogen-bond donors (Lipinski definition) is 1. The molecule has 0 aromatic carbocycles. The van der Waals surface area contributed by atoms with Crippen LogP contribution in [0.1, 0.15) is 6.42 Å². The van der Waals surface area contributed by atoms with Crippen LogP contribution in [0.3, 0.4) is 0 Å². The molecule has 1 atom stereocenters. The SMILES string of the molecule is O=[PH](O)OCCCCl. The van der Waals surface area contributed by atoms with E-state index in [2.05, 4.69) is 4.52 Å². The topological polar surface area (TPSA) is 46.5 Å². The molecular weight excluding hydrogens is 150 g/mol. The van der Waals surface area contributed by atoms with Crippen molar-refractivity contribution in [2.45, 2.75) is 6.42 Å². The van der Waals surface area contributed by atoms with Gasteiger partial charge in [-0.05, 0) is 6.42 Å². The van der Waals surface area contributed by atoms with Crippen molar-refractivity contribution in [3.63, 3.8) is 0 Å². The second-order valence-electron chi connectivity index (χ2n) is 1.16. The molecule has 0 aliphatic heterocycles. The van der Waals surface area contributed by atoms with E-state index in [0.717, 1.165) is 0 Å². The van der Waals surface area contributed by atoms with Gasteiger partial charge in [-0.25, -0.2) is 0 Å². The van der Waals surface area contributed by atoms with Gasteiger partial charge >= 0.3 is 8.25 Å². The Morgan fingerprint density at radius 3 is 2.75 bits per heavy atom. The van der Waals surface area contributed by atoms with E-state index < -0.39 is 8.25 Å². The fraction of sp³-hybridized carbons (Fsp3) is 1.00. The summed E-state index contributed by atoms with van der Waals surface area (Å²) in [6.45, 7) is 0.276. The molecule has 0 aliphatic rings. The molecule has 0 bridgehead atoms. The lowest BCUT2D eigenvalue weighted by Crippen LogP contribution is -1.85.